The molecule has 0 bridgehead atoms. The second-order valence-electron chi connectivity index (χ2n) is 2.27. The highest BCUT2D eigenvalue weighted by atomic mass is 15.5. The fourth-order valence-electron chi connectivity index (χ4n) is 0.900. The average Bonchev–Trinajstić information content (AvgIpc) is 2.37. The monoisotopic (exact) mass is 139 g/mol. The largest absolute Gasteiger partial charge is 0.313 e. The van der Waals surface area contributed by atoms with E-state index in [1.165, 1.54) is 12.0 Å². The van der Waals surface area contributed by atoms with E-state index < -0.39 is 0 Å². The van der Waals surface area contributed by atoms with Crippen molar-refractivity contribution in [3.8, 4) is 0 Å². The summed E-state index contributed by atoms with van der Waals surface area (Å²) in [7, 11) is 1.85. The van der Waals surface area contributed by atoms with Crippen LogP contribution in [-0.2, 0) is 6.42 Å². The van der Waals surface area contributed by atoms with Crippen molar-refractivity contribution >= 4 is 0 Å². The lowest BCUT2D eigenvalue weighted by atomic mass is 10.2. The van der Waals surface area contributed by atoms with Crippen molar-refractivity contribution < 1.29 is 0 Å². The molecule has 0 saturated heterocycles. The summed E-state index contributed by atoms with van der Waals surface area (Å²) in [6.07, 6.45) is 6.18. The Hall–Kier alpha value is -0.990. The molecule has 0 atom stereocenters. The third-order valence-electron chi connectivity index (χ3n) is 1.40. The smallest absolute Gasteiger partial charge is 0.0542 e. The van der Waals surface area contributed by atoms with Gasteiger partial charge in [-0.25, -0.2) is 0 Å². The summed E-state index contributed by atoms with van der Waals surface area (Å²) < 4.78 is 0. The van der Waals surface area contributed by atoms with Gasteiger partial charge in [0, 0.05) is 7.05 Å². The highest BCUT2D eigenvalue weighted by Crippen LogP contribution is 1.98. The molecular weight excluding hydrogens is 126 g/mol. The van der Waals surface area contributed by atoms with E-state index in [9.17, 15) is 0 Å². The molecule has 1 aromatic heterocycles. The number of aromatic nitrogens is 2. The minimum Gasteiger partial charge on any atom is -0.313 e. The fraction of sp³-hybridized carbons (Fsp3) is 0.571. The number of nitrogens with zero attached hydrogens (tertiary/aromatic N) is 2. The molecular formula is C7H13N3. The zero-order chi connectivity index (χ0) is 7.40. The molecule has 0 spiro atoms. The third-order valence-corrected chi connectivity index (χ3v) is 1.40. The van der Waals surface area contributed by atoms with E-state index in [-0.39, 0.29) is 0 Å². The maximum absolute atomic E-state index is 4.06. The average molecular weight is 139 g/mol. The number of aryl methyl sites for hydroxylation is 1. The van der Waals surface area contributed by atoms with Crippen LogP contribution < -0.4 is 5.43 Å². The molecule has 1 rings (SSSR count). The first kappa shape index (κ1) is 7.12. The number of hydrogen-bond acceptors (Lipinski definition) is 2. The first-order valence-electron chi connectivity index (χ1n) is 3.58. The zero-order valence-electron chi connectivity index (χ0n) is 6.46. The Kier molecular flexibility index (Phi) is 2.31. The highest BCUT2D eigenvalue weighted by Gasteiger charge is 1.93. The topological polar surface area (TPSA) is 29.9 Å². The Balaban J connectivity index is 2.59. The van der Waals surface area contributed by atoms with Crippen molar-refractivity contribution in [1.29, 1.82) is 0 Å². The van der Waals surface area contributed by atoms with Gasteiger partial charge in [-0.15, -0.1) is 0 Å². The van der Waals surface area contributed by atoms with Crippen LogP contribution in [-0.4, -0.2) is 16.9 Å². The maximum Gasteiger partial charge on any atom is 0.0542 e. The third kappa shape index (κ3) is 1.50. The van der Waals surface area contributed by atoms with Crippen LogP contribution in [0.3, 0.4) is 0 Å². The molecule has 0 aromatic carbocycles. The summed E-state index contributed by atoms with van der Waals surface area (Å²) in [6.45, 7) is 2.16. The molecule has 3 heteroatoms. The van der Waals surface area contributed by atoms with Gasteiger partial charge in [0.15, 0.2) is 0 Å². The second kappa shape index (κ2) is 3.25. The van der Waals surface area contributed by atoms with Crippen LogP contribution in [0, 0.1) is 0 Å². The number of hydrogen-bond donors (Lipinski definition) is 1. The minimum absolute atomic E-state index is 1.11. The molecule has 0 aliphatic carbocycles. The van der Waals surface area contributed by atoms with Crippen LogP contribution >= 0.6 is 0 Å². The van der Waals surface area contributed by atoms with Gasteiger partial charge in [-0.1, -0.05) is 13.3 Å². The summed E-state index contributed by atoms with van der Waals surface area (Å²) in [5.74, 6) is 0. The first-order valence-corrected chi connectivity index (χ1v) is 3.58. The lowest BCUT2D eigenvalue weighted by molar-refractivity contribution is 0.780. The van der Waals surface area contributed by atoms with Crippen molar-refractivity contribution in [2.75, 3.05) is 12.5 Å². The predicted molar refractivity (Wildman–Crippen MR) is 41.5 cm³/mol. The van der Waals surface area contributed by atoms with E-state index in [1.54, 1.807) is 4.79 Å². The first-order chi connectivity index (χ1) is 4.86. The quantitative estimate of drug-likeness (QED) is 0.677. The SMILES string of the molecule is CCCc1cnn(NC)c1. The van der Waals surface area contributed by atoms with Gasteiger partial charge in [-0.2, -0.15) is 9.89 Å². The van der Waals surface area contributed by atoms with Crippen LogP contribution in [0.5, 0.6) is 0 Å². The number of nitrogens with one attached hydrogen (secondary N) is 1. The fourth-order valence-corrected chi connectivity index (χ4v) is 0.900. The molecule has 0 radical (unpaired) electrons. The van der Waals surface area contributed by atoms with Gasteiger partial charge in [-0.05, 0) is 12.0 Å². The van der Waals surface area contributed by atoms with Gasteiger partial charge >= 0.3 is 0 Å². The van der Waals surface area contributed by atoms with Crippen molar-refractivity contribution in [3.05, 3.63) is 18.0 Å². The Labute approximate surface area is 61.0 Å². The predicted octanol–water partition coefficient (Wildman–Crippen LogP) is 1.01. The van der Waals surface area contributed by atoms with E-state index in [2.05, 4.69) is 17.4 Å². The Morgan fingerprint density at radius 3 is 3.00 bits per heavy atom. The maximum atomic E-state index is 4.06. The Bertz CT molecular complexity index is 192. The van der Waals surface area contributed by atoms with Crippen LogP contribution in [0.2, 0.25) is 0 Å². The van der Waals surface area contributed by atoms with E-state index in [0.29, 0.717) is 0 Å². The van der Waals surface area contributed by atoms with Gasteiger partial charge < -0.3 is 5.43 Å². The van der Waals surface area contributed by atoms with Crippen molar-refractivity contribution in [2.24, 2.45) is 0 Å². The van der Waals surface area contributed by atoms with E-state index in [4.69, 9.17) is 0 Å². The summed E-state index contributed by atoms with van der Waals surface area (Å²) in [6, 6.07) is 0. The Morgan fingerprint density at radius 2 is 2.50 bits per heavy atom. The van der Waals surface area contributed by atoms with Gasteiger partial charge in [-0.3, -0.25) is 0 Å². The lowest BCUT2D eigenvalue weighted by Crippen LogP contribution is -2.08. The van der Waals surface area contributed by atoms with Gasteiger partial charge in [0.2, 0.25) is 0 Å². The Morgan fingerprint density at radius 1 is 1.70 bits per heavy atom. The number of rotatable bonds is 3. The molecule has 0 saturated carbocycles. The van der Waals surface area contributed by atoms with Crippen molar-refractivity contribution in [3.63, 3.8) is 0 Å². The second-order valence-corrected chi connectivity index (χ2v) is 2.27. The zero-order valence-corrected chi connectivity index (χ0v) is 6.46. The molecule has 0 fully saturated rings. The van der Waals surface area contributed by atoms with Gasteiger partial charge in [0.05, 0.1) is 12.4 Å². The molecule has 10 heavy (non-hydrogen) atoms. The summed E-state index contributed by atoms with van der Waals surface area (Å²) in [5.41, 5.74) is 4.20. The summed E-state index contributed by atoms with van der Waals surface area (Å²) in [4.78, 5) is 1.71. The van der Waals surface area contributed by atoms with E-state index in [0.717, 1.165) is 6.42 Å². The van der Waals surface area contributed by atoms with Gasteiger partial charge in [0.1, 0.15) is 0 Å². The lowest BCUT2D eigenvalue weighted by Gasteiger charge is -1.94. The van der Waals surface area contributed by atoms with Crippen molar-refractivity contribution in [1.82, 2.24) is 9.89 Å². The van der Waals surface area contributed by atoms with Crippen LogP contribution in [0.15, 0.2) is 12.4 Å². The van der Waals surface area contributed by atoms with E-state index >= 15 is 0 Å². The highest BCUT2D eigenvalue weighted by molar-refractivity contribution is 5.04. The molecule has 56 valence electrons. The van der Waals surface area contributed by atoms with Gasteiger partial charge in [0.25, 0.3) is 0 Å². The van der Waals surface area contributed by atoms with Crippen molar-refractivity contribution in [2.45, 2.75) is 19.8 Å². The normalized spacial score (nSPS) is 9.80. The summed E-state index contributed by atoms with van der Waals surface area (Å²) >= 11 is 0. The molecule has 1 aromatic rings. The molecule has 0 unspecified atom stereocenters. The molecule has 0 aliphatic heterocycles. The molecule has 0 aliphatic rings. The molecule has 1 N–H and O–H groups in total. The molecule has 1 heterocycles. The summed E-state index contributed by atoms with van der Waals surface area (Å²) in [5, 5.41) is 4.06. The van der Waals surface area contributed by atoms with Crippen LogP contribution in [0.25, 0.3) is 0 Å². The standard InChI is InChI=1S/C7H13N3/c1-3-4-7-5-9-10(6-7)8-2/h5-6,8H,3-4H2,1-2H3. The minimum atomic E-state index is 1.11. The van der Waals surface area contributed by atoms with Crippen LogP contribution in [0.1, 0.15) is 18.9 Å². The molecule has 0 amide bonds. The molecule has 3 nitrogen and oxygen atoms in total. The van der Waals surface area contributed by atoms with E-state index in [1.807, 2.05) is 19.4 Å². The van der Waals surface area contributed by atoms with Crippen LogP contribution in [0.4, 0.5) is 0 Å².